The fourth-order valence-corrected chi connectivity index (χ4v) is 3.20. The second-order valence-corrected chi connectivity index (χ2v) is 5.83. The Morgan fingerprint density at radius 1 is 1.08 bits per heavy atom. The number of nitrogens with zero attached hydrogens (tertiary/aromatic N) is 4. The summed E-state index contributed by atoms with van der Waals surface area (Å²) in [4.78, 5) is 12.0. The van der Waals surface area contributed by atoms with Crippen LogP contribution < -0.4 is 5.32 Å². The first-order chi connectivity index (χ1) is 12.3. The molecule has 0 saturated heterocycles. The molecule has 1 aliphatic carbocycles. The van der Waals surface area contributed by atoms with Gasteiger partial charge < -0.3 is 10.1 Å². The van der Waals surface area contributed by atoms with Gasteiger partial charge in [-0.3, -0.25) is 0 Å². The number of benzene rings is 2. The quantitative estimate of drug-likeness (QED) is 0.773. The standard InChI is InChI=1S/C18H17N5O2/c24-18(19-9-10-23-12-20-21-22-23)25-11-17-15-7-3-1-5-13(15)14-6-2-4-8-16(14)17/h1-8,12,17H,9-11H2,(H,19,24). The van der Waals surface area contributed by atoms with Crippen LogP contribution in [0.4, 0.5) is 4.79 Å². The highest BCUT2D eigenvalue weighted by atomic mass is 16.5. The third-order valence-electron chi connectivity index (χ3n) is 4.35. The number of fused-ring (bicyclic) bond motifs is 3. The maximum atomic E-state index is 12.0. The predicted molar refractivity (Wildman–Crippen MR) is 90.9 cm³/mol. The number of ether oxygens (including phenoxy) is 1. The molecular formula is C18H17N5O2. The van der Waals surface area contributed by atoms with E-state index in [4.69, 9.17) is 4.74 Å². The molecule has 2 aromatic carbocycles. The minimum absolute atomic E-state index is 0.0673. The minimum Gasteiger partial charge on any atom is -0.449 e. The van der Waals surface area contributed by atoms with Gasteiger partial charge in [0.2, 0.25) is 0 Å². The highest BCUT2D eigenvalue weighted by Crippen LogP contribution is 2.44. The van der Waals surface area contributed by atoms with Gasteiger partial charge in [-0.15, -0.1) is 5.10 Å². The van der Waals surface area contributed by atoms with Crippen molar-refractivity contribution in [3.8, 4) is 11.1 Å². The number of hydrogen-bond acceptors (Lipinski definition) is 5. The SMILES string of the molecule is O=C(NCCn1cnnn1)OCC1c2ccccc2-c2ccccc21. The lowest BCUT2D eigenvalue weighted by atomic mass is 9.98. The van der Waals surface area contributed by atoms with Crippen molar-refractivity contribution in [2.24, 2.45) is 0 Å². The lowest BCUT2D eigenvalue weighted by Crippen LogP contribution is -2.29. The van der Waals surface area contributed by atoms with Crippen molar-refractivity contribution in [3.05, 3.63) is 66.0 Å². The molecule has 7 heteroatoms. The zero-order valence-corrected chi connectivity index (χ0v) is 13.5. The van der Waals surface area contributed by atoms with Crippen LogP contribution in [0.3, 0.4) is 0 Å². The predicted octanol–water partition coefficient (Wildman–Crippen LogP) is 2.21. The fraction of sp³-hybridized carbons (Fsp3) is 0.222. The van der Waals surface area contributed by atoms with Crippen LogP contribution >= 0.6 is 0 Å². The zero-order chi connectivity index (χ0) is 17.1. The number of tetrazole rings is 1. The Morgan fingerprint density at radius 2 is 1.76 bits per heavy atom. The summed E-state index contributed by atoms with van der Waals surface area (Å²) in [5.74, 6) is 0.0673. The van der Waals surface area contributed by atoms with Crippen molar-refractivity contribution in [1.82, 2.24) is 25.5 Å². The maximum absolute atomic E-state index is 12.0. The van der Waals surface area contributed by atoms with Crippen molar-refractivity contribution >= 4 is 6.09 Å². The summed E-state index contributed by atoms with van der Waals surface area (Å²) in [7, 11) is 0. The Morgan fingerprint density at radius 3 is 2.40 bits per heavy atom. The summed E-state index contributed by atoms with van der Waals surface area (Å²) in [5, 5.41) is 13.5. The van der Waals surface area contributed by atoms with Crippen LogP contribution in [0.25, 0.3) is 11.1 Å². The van der Waals surface area contributed by atoms with Crippen LogP contribution in [0, 0.1) is 0 Å². The van der Waals surface area contributed by atoms with E-state index in [1.165, 1.54) is 28.6 Å². The summed E-state index contributed by atoms with van der Waals surface area (Å²) in [6, 6.07) is 16.5. The molecule has 4 rings (SSSR count). The second kappa shape index (κ2) is 6.72. The molecule has 1 N–H and O–H groups in total. The Hall–Kier alpha value is -3.22. The van der Waals surface area contributed by atoms with E-state index in [2.05, 4.69) is 45.1 Å². The lowest BCUT2D eigenvalue weighted by molar-refractivity contribution is 0.142. The smallest absolute Gasteiger partial charge is 0.407 e. The molecule has 1 aromatic heterocycles. The van der Waals surface area contributed by atoms with Gasteiger partial charge in [0.25, 0.3) is 0 Å². The molecule has 126 valence electrons. The molecule has 0 unspecified atom stereocenters. The summed E-state index contributed by atoms with van der Waals surface area (Å²) in [6.45, 7) is 1.21. The summed E-state index contributed by atoms with van der Waals surface area (Å²) in [5.41, 5.74) is 4.83. The summed E-state index contributed by atoms with van der Waals surface area (Å²) < 4.78 is 6.99. The monoisotopic (exact) mass is 335 g/mol. The number of hydrogen-bond donors (Lipinski definition) is 1. The highest BCUT2D eigenvalue weighted by molar-refractivity contribution is 5.79. The molecule has 1 heterocycles. The molecule has 1 aliphatic rings. The van der Waals surface area contributed by atoms with Crippen LogP contribution in [0.2, 0.25) is 0 Å². The first-order valence-electron chi connectivity index (χ1n) is 8.12. The van der Waals surface area contributed by atoms with E-state index in [-0.39, 0.29) is 5.92 Å². The van der Waals surface area contributed by atoms with E-state index in [0.29, 0.717) is 19.7 Å². The third kappa shape index (κ3) is 3.08. The maximum Gasteiger partial charge on any atom is 0.407 e. The molecule has 1 amide bonds. The molecule has 0 radical (unpaired) electrons. The normalized spacial score (nSPS) is 12.5. The fourth-order valence-electron chi connectivity index (χ4n) is 3.20. The van der Waals surface area contributed by atoms with Gasteiger partial charge in [0, 0.05) is 12.5 Å². The van der Waals surface area contributed by atoms with Crippen LogP contribution in [-0.4, -0.2) is 39.5 Å². The van der Waals surface area contributed by atoms with Crippen LogP contribution in [0.5, 0.6) is 0 Å². The number of amides is 1. The van der Waals surface area contributed by atoms with Gasteiger partial charge in [-0.1, -0.05) is 48.5 Å². The lowest BCUT2D eigenvalue weighted by Gasteiger charge is -2.14. The Kier molecular flexibility index (Phi) is 4.12. The largest absolute Gasteiger partial charge is 0.449 e. The molecule has 25 heavy (non-hydrogen) atoms. The van der Waals surface area contributed by atoms with Crippen molar-refractivity contribution < 1.29 is 9.53 Å². The van der Waals surface area contributed by atoms with Gasteiger partial charge in [0.05, 0.1) is 6.54 Å². The first-order valence-corrected chi connectivity index (χ1v) is 8.12. The summed E-state index contributed by atoms with van der Waals surface area (Å²) in [6.07, 6.45) is 1.06. The van der Waals surface area contributed by atoms with Gasteiger partial charge in [-0.25, -0.2) is 9.48 Å². The molecule has 0 saturated carbocycles. The molecule has 0 fully saturated rings. The highest BCUT2D eigenvalue weighted by Gasteiger charge is 2.28. The van der Waals surface area contributed by atoms with Gasteiger partial charge in [0.1, 0.15) is 12.9 Å². The van der Waals surface area contributed by atoms with Crippen LogP contribution in [0.1, 0.15) is 17.0 Å². The van der Waals surface area contributed by atoms with Crippen molar-refractivity contribution in [3.63, 3.8) is 0 Å². The number of nitrogens with one attached hydrogen (secondary N) is 1. The topological polar surface area (TPSA) is 81.9 Å². The van der Waals surface area contributed by atoms with E-state index < -0.39 is 6.09 Å². The van der Waals surface area contributed by atoms with Crippen molar-refractivity contribution in [2.45, 2.75) is 12.5 Å². The minimum atomic E-state index is -0.435. The van der Waals surface area contributed by atoms with E-state index in [0.717, 1.165) is 0 Å². The molecule has 0 bridgehead atoms. The van der Waals surface area contributed by atoms with Crippen molar-refractivity contribution in [2.75, 3.05) is 13.2 Å². The average molecular weight is 335 g/mol. The van der Waals surface area contributed by atoms with E-state index in [1.54, 1.807) is 4.68 Å². The Labute approximate surface area is 144 Å². The van der Waals surface area contributed by atoms with Gasteiger partial charge in [-0.2, -0.15) is 0 Å². The number of aromatic nitrogens is 4. The molecule has 0 atom stereocenters. The molecule has 7 nitrogen and oxygen atoms in total. The molecule has 0 aliphatic heterocycles. The van der Waals surface area contributed by atoms with Crippen LogP contribution in [-0.2, 0) is 11.3 Å². The van der Waals surface area contributed by atoms with E-state index >= 15 is 0 Å². The number of carbonyl (C=O) groups is 1. The zero-order valence-electron chi connectivity index (χ0n) is 13.5. The average Bonchev–Trinajstić information content (AvgIpc) is 3.26. The van der Waals surface area contributed by atoms with Gasteiger partial charge in [-0.05, 0) is 32.7 Å². The van der Waals surface area contributed by atoms with Gasteiger partial charge in [0.15, 0.2) is 0 Å². The van der Waals surface area contributed by atoms with Gasteiger partial charge >= 0.3 is 6.09 Å². The first kappa shape index (κ1) is 15.3. The number of carbonyl (C=O) groups excluding carboxylic acids is 1. The van der Waals surface area contributed by atoms with Crippen LogP contribution in [0.15, 0.2) is 54.9 Å². The molecule has 0 spiro atoms. The number of alkyl carbamates (subject to hydrolysis) is 1. The molecular weight excluding hydrogens is 318 g/mol. The van der Waals surface area contributed by atoms with E-state index in [9.17, 15) is 4.79 Å². The Balaban J connectivity index is 1.38. The van der Waals surface area contributed by atoms with E-state index in [1.807, 2.05) is 24.3 Å². The Bertz CT molecular complexity index is 833. The third-order valence-corrected chi connectivity index (χ3v) is 4.35. The summed E-state index contributed by atoms with van der Waals surface area (Å²) >= 11 is 0. The second-order valence-electron chi connectivity index (χ2n) is 5.83. The number of rotatable bonds is 5. The van der Waals surface area contributed by atoms with Crippen molar-refractivity contribution in [1.29, 1.82) is 0 Å². The molecule has 3 aromatic rings.